The average Bonchev–Trinajstić information content (AvgIpc) is 2.63. The molecule has 0 radical (unpaired) electrons. The number of ether oxygens (including phenoxy) is 1. The molecule has 0 fully saturated rings. The van der Waals surface area contributed by atoms with Crippen molar-refractivity contribution in [3.05, 3.63) is 62.7 Å². The minimum Gasteiger partial charge on any atom is -0.487 e. The van der Waals surface area contributed by atoms with Gasteiger partial charge in [0.2, 0.25) is 5.91 Å². The lowest BCUT2D eigenvalue weighted by Crippen LogP contribution is -2.20. The Bertz CT molecular complexity index is 874. The Morgan fingerprint density at radius 2 is 2.15 bits per heavy atom. The molecule has 142 valence electrons. The Morgan fingerprint density at radius 1 is 1.37 bits per heavy atom. The highest BCUT2D eigenvalue weighted by molar-refractivity contribution is 7.98. The lowest BCUT2D eigenvalue weighted by atomic mass is 10.1. The van der Waals surface area contributed by atoms with E-state index in [0.29, 0.717) is 17.2 Å². The number of nitro benzene ring substituents is 1. The van der Waals surface area contributed by atoms with Crippen LogP contribution in [0.1, 0.15) is 18.1 Å². The number of nitrogens with zero attached hydrogens (tertiary/aromatic N) is 2. The maximum atomic E-state index is 12.1. The molecule has 9 heteroatoms. The van der Waals surface area contributed by atoms with Crippen molar-refractivity contribution in [1.29, 1.82) is 0 Å². The van der Waals surface area contributed by atoms with Crippen molar-refractivity contribution in [3.8, 4) is 5.75 Å². The van der Waals surface area contributed by atoms with Gasteiger partial charge in [0.15, 0.2) is 5.75 Å². The van der Waals surface area contributed by atoms with Gasteiger partial charge in [-0.3, -0.25) is 14.9 Å². The molecule has 2 rings (SSSR count). The first-order valence-electron chi connectivity index (χ1n) is 8.00. The molecule has 0 saturated carbocycles. The van der Waals surface area contributed by atoms with E-state index in [0.717, 1.165) is 10.5 Å². The molecule has 0 saturated heterocycles. The molecule has 2 aromatic carbocycles. The van der Waals surface area contributed by atoms with E-state index in [9.17, 15) is 14.9 Å². The third kappa shape index (κ3) is 5.97. The summed E-state index contributed by atoms with van der Waals surface area (Å²) in [4.78, 5) is 23.6. The molecule has 0 aliphatic heterocycles. The molecule has 0 atom stereocenters. The number of hydrogen-bond acceptors (Lipinski definition) is 6. The van der Waals surface area contributed by atoms with Gasteiger partial charge < -0.3 is 4.74 Å². The van der Waals surface area contributed by atoms with Gasteiger partial charge in [0.1, 0.15) is 0 Å². The summed E-state index contributed by atoms with van der Waals surface area (Å²) in [5, 5.41) is 15.5. The standard InChI is InChI=1S/C18H18ClN3O4S/c1-3-26-16-6-4-12(8-15(16)22(24)25)11-20-21-18(23)10-13-9-14(19)5-7-17(13)27-2/h4-9,11H,3,10H2,1-2H3,(H,21,23)/b20-11-. The van der Waals surface area contributed by atoms with Crippen LogP contribution in [0.5, 0.6) is 5.75 Å². The van der Waals surface area contributed by atoms with Gasteiger partial charge in [0, 0.05) is 21.5 Å². The molecule has 7 nitrogen and oxygen atoms in total. The van der Waals surface area contributed by atoms with Crippen molar-refractivity contribution in [3.63, 3.8) is 0 Å². The molecule has 0 aromatic heterocycles. The van der Waals surface area contributed by atoms with E-state index in [1.54, 1.807) is 25.1 Å². The molecule has 0 unspecified atom stereocenters. The smallest absolute Gasteiger partial charge is 0.311 e. The number of hydrogen-bond donors (Lipinski definition) is 1. The Hall–Kier alpha value is -2.58. The number of carbonyl (C=O) groups excluding carboxylic acids is 1. The van der Waals surface area contributed by atoms with Crippen LogP contribution in [0.15, 0.2) is 46.4 Å². The van der Waals surface area contributed by atoms with Gasteiger partial charge in [0.05, 0.1) is 24.2 Å². The third-order valence-electron chi connectivity index (χ3n) is 3.48. The van der Waals surface area contributed by atoms with Crippen LogP contribution in [-0.2, 0) is 11.2 Å². The van der Waals surface area contributed by atoms with E-state index in [2.05, 4.69) is 10.5 Å². The predicted octanol–water partition coefficient (Wildman–Crippen LogP) is 4.06. The Balaban J connectivity index is 2.05. The van der Waals surface area contributed by atoms with Crippen LogP contribution in [0.3, 0.4) is 0 Å². The number of amides is 1. The minimum atomic E-state index is -0.524. The van der Waals surface area contributed by atoms with Gasteiger partial charge in [-0.25, -0.2) is 5.43 Å². The summed E-state index contributed by atoms with van der Waals surface area (Å²) in [6, 6.07) is 9.83. The second-order valence-corrected chi connectivity index (χ2v) is 6.63. The molecule has 0 aliphatic rings. The number of thioether (sulfide) groups is 1. The fourth-order valence-electron chi connectivity index (χ4n) is 2.31. The Kier molecular flexibility index (Phi) is 7.63. The van der Waals surface area contributed by atoms with Crippen molar-refractivity contribution in [2.24, 2.45) is 5.10 Å². The monoisotopic (exact) mass is 407 g/mol. The van der Waals surface area contributed by atoms with E-state index in [4.69, 9.17) is 16.3 Å². The highest BCUT2D eigenvalue weighted by Crippen LogP contribution is 2.27. The number of rotatable bonds is 8. The van der Waals surface area contributed by atoms with Crippen LogP contribution >= 0.6 is 23.4 Å². The summed E-state index contributed by atoms with van der Waals surface area (Å²) >= 11 is 7.50. The van der Waals surface area contributed by atoms with Crippen molar-refractivity contribution in [2.45, 2.75) is 18.2 Å². The Labute approximate surface area is 165 Å². The zero-order valence-electron chi connectivity index (χ0n) is 14.8. The van der Waals surface area contributed by atoms with Crippen molar-refractivity contribution in [1.82, 2.24) is 5.43 Å². The van der Waals surface area contributed by atoms with Gasteiger partial charge in [0.25, 0.3) is 0 Å². The second-order valence-electron chi connectivity index (χ2n) is 5.34. The third-order valence-corrected chi connectivity index (χ3v) is 4.55. The molecule has 2 aromatic rings. The van der Waals surface area contributed by atoms with E-state index in [1.807, 2.05) is 12.3 Å². The summed E-state index contributed by atoms with van der Waals surface area (Å²) in [5.74, 6) is -0.126. The van der Waals surface area contributed by atoms with Crippen LogP contribution in [-0.4, -0.2) is 29.9 Å². The second kappa shape index (κ2) is 9.94. The van der Waals surface area contributed by atoms with Crippen LogP contribution in [0, 0.1) is 10.1 Å². The number of carbonyl (C=O) groups is 1. The molecule has 0 bridgehead atoms. The minimum absolute atomic E-state index is 0.123. The molecule has 1 N–H and O–H groups in total. The average molecular weight is 408 g/mol. The van der Waals surface area contributed by atoms with Gasteiger partial charge in [-0.1, -0.05) is 11.6 Å². The van der Waals surface area contributed by atoms with Crippen LogP contribution < -0.4 is 10.2 Å². The first-order chi connectivity index (χ1) is 12.9. The molecular weight excluding hydrogens is 390 g/mol. The molecule has 0 heterocycles. The zero-order chi connectivity index (χ0) is 19.8. The molecule has 1 amide bonds. The Morgan fingerprint density at radius 3 is 2.81 bits per heavy atom. The van der Waals surface area contributed by atoms with Crippen LogP contribution in [0.2, 0.25) is 5.02 Å². The topological polar surface area (TPSA) is 93.8 Å². The fourth-order valence-corrected chi connectivity index (χ4v) is 3.10. The number of benzene rings is 2. The van der Waals surface area contributed by atoms with Crippen LogP contribution in [0.25, 0.3) is 0 Å². The fraction of sp³-hybridized carbons (Fsp3) is 0.222. The number of halogens is 1. The van der Waals surface area contributed by atoms with E-state index in [-0.39, 0.29) is 23.8 Å². The predicted molar refractivity (Wildman–Crippen MR) is 107 cm³/mol. The van der Waals surface area contributed by atoms with E-state index in [1.165, 1.54) is 30.1 Å². The number of nitro groups is 1. The van der Waals surface area contributed by atoms with Gasteiger partial charge >= 0.3 is 5.69 Å². The van der Waals surface area contributed by atoms with E-state index >= 15 is 0 Å². The summed E-state index contributed by atoms with van der Waals surface area (Å²) in [6.07, 6.45) is 3.38. The summed E-state index contributed by atoms with van der Waals surface area (Å²) in [7, 11) is 0. The summed E-state index contributed by atoms with van der Waals surface area (Å²) in [5.41, 5.74) is 3.53. The largest absolute Gasteiger partial charge is 0.487 e. The summed E-state index contributed by atoms with van der Waals surface area (Å²) in [6.45, 7) is 2.07. The highest BCUT2D eigenvalue weighted by atomic mass is 35.5. The zero-order valence-corrected chi connectivity index (χ0v) is 16.3. The van der Waals surface area contributed by atoms with Crippen molar-refractivity contribution < 1.29 is 14.5 Å². The van der Waals surface area contributed by atoms with Gasteiger partial charge in [-0.15, -0.1) is 11.8 Å². The first-order valence-corrected chi connectivity index (χ1v) is 9.60. The van der Waals surface area contributed by atoms with Gasteiger partial charge in [-0.05, 0) is 49.1 Å². The lowest BCUT2D eigenvalue weighted by Gasteiger charge is -2.07. The van der Waals surface area contributed by atoms with Crippen molar-refractivity contribution in [2.75, 3.05) is 12.9 Å². The maximum Gasteiger partial charge on any atom is 0.311 e. The van der Waals surface area contributed by atoms with E-state index < -0.39 is 4.92 Å². The highest BCUT2D eigenvalue weighted by Gasteiger charge is 2.15. The number of nitrogens with one attached hydrogen (secondary N) is 1. The summed E-state index contributed by atoms with van der Waals surface area (Å²) < 4.78 is 5.23. The SMILES string of the molecule is CCOc1ccc(/C=N\NC(=O)Cc2cc(Cl)ccc2SC)cc1[N+](=O)[O-]. The maximum absolute atomic E-state index is 12.1. The van der Waals surface area contributed by atoms with Crippen LogP contribution in [0.4, 0.5) is 5.69 Å². The molecular formula is C18H18ClN3O4S. The molecule has 0 aliphatic carbocycles. The molecule has 27 heavy (non-hydrogen) atoms. The molecule has 0 spiro atoms. The quantitative estimate of drug-likeness (QED) is 0.308. The van der Waals surface area contributed by atoms with Crippen molar-refractivity contribution >= 4 is 41.2 Å². The lowest BCUT2D eigenvalue weighted by molar-refractivity contribution is -0.385. The van der Waals surface area contributed by atoms with Gasteiger partial charge in [-0.2, -0.15) is 5.10 Å². The first kappa shape index (κ1) is 20.7. The number of hydrazone groups is 1. The normalized spacial score (nSPS) is 10.8.